The molecule has 1 aromatic carbocycles. The summed E-state index contributed by atoms with van der Waals surface area (Å²) in [6, 6.07) is 7.30. The average Bonchev–Trinajstić information content (AvgIpc) is 3.22. The number of carbonyl (C=O) groups excluding carboxylic acids is 1. The third kappa shape index (κ3) is 4.09. The molecular weight excluding hydrogens is 348 g/mol. The van der Waals surface area contributed by atoms with Gasteiger partial charge in [-0.25, -0.2) is 4.68 Å². The summed E-state index contributed by atoms with van der Waals surface area (Å²) >= 11 is 0. The van der Waals surface area contributed by atoms with Gasteiger partial charge in [0.2, 0.25) is 0 Å². The zero-order valence-corrected chi connectivity index (χ0v) is 15.5. The fourth-order valence-electron chi connectivity index (χ4n) is 3.71. The van der Waals surface area contributed by atoms with Gasteiger partial charge in [-0.2, -0.15) is 0 Å². The quantitative estimate of drug-likeness (QED) is 0.766. The fourth-order valence-corrected chi connectivity index (χ4v) is 3.71. The van der Waals surface area contributed by atoms with Crippen LogP contribution >= 0.6 is 0 Å². The van der Waals surface area contributed by atoms with Crippen LogP contribution in [0.15, 0.2) is 30.6 Å². The van der Waals surface area contributed by atoms with Crippen LogP contribution in [0, 0.1) is 0 Å². The molecule has 4 rings (SSSR count). The van der Waals surface area contributed by atoms with Gasteiger partial charge in [0.25, 0.3) is 5.91 Å². The lowest BCUT2D eigenvalue weighted by molar-refractivity contribution is -0.149. The van der Waals surface area contributed by atoms with Crippen molar-refractivity contribution >= 4 is 5.91 Å². The number of rotatable bonds is 4. The molecule has 3 heterocycles. The highest BCUT2D eigenvalue weighted by Crippen LogP contribution is 2.29. The van der Waals surface area contributed by atoms with Crippen molar-refractivity contribution in [3.63, 3.8) is 0 Å². The Labute approximate surface area is 157 Å². The van der Waals surface area contributed by atoms with E-state index in [1.165, 1.54) is 6.33 Å². The Hall–Kier alpha value is -2.52. The maximum absolute atomic E-state index is 12.5. The van der Waals surface area contributed by atoms with Crippen molar-refractivity contribution in [3.05, 3.63) is 30.6 Å². The summed E-state index contributed by atoms with van der Waals surface area (Å²) < 4.78 is 13.3. The molecule has 0 radical (unpaired) electrons. The number of piperidine rings is 1. The summed E-state index contributed by atoms with van der Waals surface area (Å²) in [6.45, 7) is 4.17. The van der Waals surface area contributed by atoms with Crippen LogP contribution in [-0.2, 0) is 9.53 Å². The van der Waals surface area contributed by atoms with E-state index in [4.69, 9.17) is 9.47 Å². The van der Waals surface area contributed by atoms with Crippen molar-refractivity contribution in [3.8, 4) is 11.4 Å². The molecule has 1 amide bonds. The number of carbonyl (C=O) groups is 1. The Kier molecular flexibility index (Phi) is 5.04. The standard InChI is InChI=1S/C18H24N6O3/c1-22-10-11-27-18(13-22)6-8-23(9-7-18)17(25)12-26-16-4-2-15(3-5-16)24-14-19-20-21-24/h2-5,14H,6-13H2,1H3. The van der Waals surface area contributed by atoms with E-state index in [1.807, 2.05) is 17.0 Å². The monoisotopic (exact) mass is 372 g/mol. The normalized spacial score (nSPS) is 20.0. The molecule has 1 spiro atoms. The zero-order valence-electron chi connectivity index (χ0n) is 15.5. The number of morpholine rings is 1. The summed E-state index contributed by atoms with van der Waals surface area (Å²) in [4.78, 5) is 16.7. The first-order chi connectivity index (χ1) is 13.1. The van der Waals surface area contributed by atoms with Crippen LogP contribution in [0.3, 0.4) is 0 Å². The number of amides is 1. The third-order valence-electron chi connectivity index (χ3n) is 5.28. The molecule has 0 saturated carbocycles. The molecule has 0 aliphatic carbocycles. The molecule has 144 valence electrons. The van der Waals surface area contributed by atoms with E-state index >= 15 is 0 Å². The minimum atomic E-state index is -0.0866. The van der Waals surface area contributed by atoms with Gasteiger partial charge in [-0.1, -0.05) is 0 Å². The van der Waals surface area contributed by atoms with Crippen LogP contribution in [0.5, 0.6) is 5.75 Å². The molecule has 2 saturated heterocycles. The first-order valence-electron chi connectivity index (χ1n) is 9.20. The minimum absolute atomic E-state index is 0.0126. The van der Waals surface area contributed by atoms with E-state index in [2.05, 4.69) is 27.5 Å². The topological polar surface area (TPSA) is 85.6 Å². The summed E-state index contributed by atoms with van der Waals surface area (Å²) in [7, 11) is 2.13. The lowest BCUT2D eigenvalue weighted by Gasteiger charge is -2.46. The SMILES string of the molecule is CN1CCOC2(CCN(C(=O)COc3ccc(-n4cnnn4)cc3)CC2)C1. The molecule has 1 aromatic heterocycles. The van der Waals surface area contributed by atoms with Crippen molar-refractivity contribution < 1.29 is 14.3 Å². The Bertz CT molecular complexity index is 756. The van der Waals surface area contributed by atoms with Crippen LogP contribution in [0.25, 0.3) is 5.69 Å². The van der Waals surface area contributed by atoms with Crippen LogP contribution < -0.4 is 4.74 Å². The molecule has 2 fully saturated rings. The Morgan fingerprint density at radius 2 is 2.00 bits per heavy atom. The van der Waals surface area contributed by atoms with Gasteiger partial charge in [-0.15, -0.1) is 5.10 Å². The number of hydrogen-bond acceptors (Lipinski definition) is 7. The highest BCUT2D eigenvalue weighted by Gasteiger charge is 2.39. The molecule has 2 aliphatic rings. The second-order valence-electron chi connectivity index (χ2n) is 7.19. The van der Waals surface area contributed by atoms with Crippen molar-refractivity contribution in [2.75, 3.05) is 46.4 Å². The smallest absolute Gasteiger partial charge is 0.260 e. The van der Waals surface area contributed by atoms with E-state index in [-0.39, 0.29) is 18.1 Å². The molecule has 0 N–H and O–H groups in total. The molecule has 0 bridgehead atoms. The van der Waals surface area contributed by atoms with Gasteiger partial charge < -0.3 is 19.3 Å². The number of nitrogens with zero attached hydrogens (tertiary/aromatic N) is 6. The van der Waals surface area contributed by atoms with Gasteiger partial charge in [0, 0.05) is 26.2 Å². The Balaban J connectivity index is 1.26. The van der Waals surface area contributed by atoms with Crippen LogP contribution in [-0.4, -0.2) is 88.0 Å². The summed E-state index contributed by atoms with van der Waals surface area (Å²) in [5, 5.41) is 11.0. The predicted molar refractivity (Wildman–Crippen MR) is 96.6 cm³/mol. The second-order valence-corrected chi connectivity index (χ2v) is 7.19. The highest BCUT2D eigenvalue weighted by molar-refractivity contribution is 5.77. The minimum Gasteiger partial charge on any atom is -0.484 e. The molecule has 0 atom stereocenters. The lowest BCUT2D eigenvalue weighted by Crippen LogP contribution is -2.57. The van der Waals surface area contributed by atoms with Gasteiger partial charge in [0.1, 0.15) is 12.1 Å². The summed E-state index contributed by atoms with van der Waals surface area (Å²) in [6.07, 6.45) is 3.28. The molecule has 9 heteroatoms. The van der Waals surface area contributed by atoms with E-state index in [9.17, 15) is 4.79 Å². The lowest BCUT2D eigenvalue weighted by atomic mass is 9.89. The predicted octanol–water partition coefficient (Wildman–Crippen LogP) is 0.364. The Morgan fingerprint density at radius 3 is 2.67 bits per heavy atom. The number of hydrogen-bond donors (Lipinski definition) is 0. The van der Waals surface area contributed by atoms with Crippen LogP contribution in [0.4, 0.5) is 0 Å². The van der Waals surface area contributed by atoms with Crippen molar-refractivity contribution in [2.24, 2.45) is 0 Å². The maximum atomic E-state index is 12.5. The van der Waals surface area contributed by atoms with E-state index in [0.717, 1.165) is 38.2 Å². The number of ether oxygens (including phenoxy) is 2. The summed E-state index contributed by atoms with van der Waals surface area (Å²) in [5.74, 6) is 0.657. The number of tetrazole rings is 1. The number of likely N-dealkylation sites (tertiary alicyclic amines) is 1. The fraction of sp³-hybridized carbons (Fsp3) is 0.556. The molecule has 27 heavy (non-hydrogen) atoms. The van der Waals surface area contributed by atoms with Gasteiger partial charge in [0.15, 0.2) is 6.61 Å². The number of aromatic nitrogens is 4. The average molecular weight is 372 g/mol. The van der Waals surface area contributed by atoms with Gasteiger partial charge in [0.05, 0.1) is 17.9 Å². The summed E-state index contributed by atoms with van der Waals surface area (Å²) in [5.41, 5.74) is 0.744. The Morgan fingerprint density at radius 1 is 1.22 bits per heavy atom. The van der Waals surface area contributed by atoms with Crippen LogP contribution in [0.1, 0.15) is 12.8 Å². The number of benzene rings is 1. The molecule has 9 nitrogen and oxygen atoms in total. The van der Waals surface area contributed by atoms with E-state index in [1.54, 1.807) is 16.8 Å². The van der Waals surface area contributed by atoms with E-state index in [0.29, 0.717) is 18.8 Å². The van der Waals surface area contributed by atoms with Gasteiger partial charge in [-0.05, 0) is 54.6 Å². The van der Waals surface area contributed by atoms with Crippen LogP contribution in [0.2, 0.25) is 0 Å². The molecule has 2 aliphatic heterocycles. The molecular formula is C18H24N6O3. The third-order valence-corrected chi connectivity index (χ3v) is 5.28. The number of likely N-dealkylation sites (N-methyl/N-ethyl adjacent to an activating group) is 1. The zero-order chi connectivity index (χ0) is 18.7. The maximum Gasteiger partial charge on any atom is 0.260 e. The molecule has 2 aromatic rings. The largest absolute Gasteiger partial charge is 0.484 e. The first-order valence-corrected chi connectivity index (χ1v) is 9.20. The van der Waals surface area contributed by atoms with Crippen molar-refractivity contribution in [1.29, 1.82) is 0 Å². The van der Waals surface area contributed by atoms with Gasteiger partial charge >= 0.3 is 0 Å². The van der Waals surface area contributed by atoms with E-state index < -0.39 is 0 Å². The first kappa shape index (κ1) is 17.9. The second kappa shape index (κ2) is 7.61. The van der Waals surface area contributed by atoms with Crippen molar-refractivity contribution in [2.45, 2.75) is 18.4 Å². The molecule has 0 unspecified atom stereocenters. The van der Waals surface area contributed by atoms with Gasteiger partial charge in [-0.3, -0.25) is 4.79 Å². The van der Waals surface area contributed by atoms with Crippen molar-refractivity contribution in [1.82, 2.24) is 30.0 Å². The highest BCUT2D eigenvalue weighted by atomic mass is 16.5.